The number of nitrogens with two attached hydrogens (primary N) is 1. The standard InChI is InChI=1S/C29H34N6O8S2/c1-4-7-19(8-5-2)43-29(39)42-16(3)41-27(38)23-18(11-10-17-9-6-12-31-13-17)14-44-26-22(25(37)35(23)26)33-24(36)21(34-40)20-15-45-28(30)32-20/h6,9-13,15-16,19,22,26,40H,4-5,7-8,14H2,1-3H3,(H2,30,32)(H,33,36)/b11-10-,34-21-/t16?,22-,26-/m1/s1. The Balaban J connectivity index is 1.51. The Morgan fingerprint density at radius 2 is 1.98 bits per heavy atom. The minimum atomic E-state index is -1.32. The first-order chi connectivity index (χ1) is 21.7. The smallest absolute Gasteiger partial charge is 0.431 e. The van der Waals surface area contributed by atoms with Gasteiger partial charge in [0.2, 0.25) is 6.29 Å². The molecular weight excluding hydrogens is 624 g/mol. The van der Waals surface area contributed by atoms with Crippen LogP contribution in [-0.2, 0) is 28.6 Å². The zero-order valence-corrected chi connectivity index (χ0v) is 26.5. The lowest BCUT2D eigenvalue weighted by Crippen LogP contribution is -2.71. The van der Waals surface area contributed by atoms with Crippen LogP contribution in [0.15, 0.2) is 52.4 Å². The highest BCUT2D eigenvalue weighted by atomic mass is 32.2. The predicted octanol–water partition coefficient (Wildman–Crippen LogP) is 3.68. The van der Waals surface area contributed by atoms with E-state index in [0.717, 1.165) is 29.7 Å². The molecule has 4 rings (SSSR count). The van der Waals surface area contributed by atoms with Gasteiger partial charge in [0.15, 0.2) is 10.8 Å². The summed E-state index contributed by atoms with van der Waals surface area (Å²) in [6, 6.07) is 2.54. The lowest BCUT2D eigenvalue weighted by molar-refractivity contribution is -0.169. The normalized spacial score (nSPS) is 18.8. The van der Waals surface area contributed by atoms with E-state index in [1.807, 2.05) is 19.9 Å². The topological polar surface area (TPSA) is 196 Å². The van der Waals surface area contributed by atoms with Gasteiger partial charge >= 0.3 is 12.1 Å². The number of nitrogens with one attached hydrogen (secondary N) is 1. The number of pyridine rings is 1. The number of hydrogen-bond donors (Lipinski definition) is 3. The molecule has 1 fully saturated rings. The molecule has 4 heterocycles. The van der Waals surface area contributed by atoms with Crippen LogP contribution < -0.4 is 11.1 Å². The second-order valence-electron chi connectivity index (χ2n) is 10.0. The third kappa shape index (κ3) is 8.19. The van der Waals surface area contributed by atoms with E-state index in [1.54, 1.807) is 30.6 Å². The summed E-state index contributed by atoms with van der Waals surface area (Å²) in [4.78, 5) is 61.5. The number of thiazole rings is 1. The van der Waals surface area contributed by atoms with Gasteiger partial charge in [0, 0.05) is 30.5 Å². The number of esters is 1. The number of allylic oxidation sites excluding steroid dienone is 1. The zero-order chi connectivity index (χ0) is 32.5. The molecule has 0 spiro atoms. The summed E-state index contributed by atoms with van der Waals surface area (Å²) in [6.45, 7) is 5.33. The number of β-lactam (4-membered cyclic amide) rings is 1. The van der Waals surface area contributed by atoms with Crippen LogP contribution >= 0.6 is 23.1 Å². The van der Waals surface area contributed by atoms with Crippen LogP contribution in [0, 0.1) is 0 Å². The molecule has 1 unspecified atom stereocenters. The van der Waals surface area contributed by atoms with E-state index in [0.29, 0.717) is 18.4 Å². The molecule has 240 valence electrons. The third-order valence-corrected chi connectivity index (χ3v) is 8.71. The van der Waals surface area contributed by atoms with Crippen molar-refractivity contribution >= 4 is 64.0 Å². The first-order valence-electron chi connectivity index (χ1n) is 14.2. The maximum Gasteiger partial charge on any atom is 0.511 e. The van der Waals surface area contributed by atoms with Crippen LogP contribution in [-0.4, -0.2) is 79.3 Å². The Labute approximate surface area is 267 Å². The van der Waals surface area contributed by atoms with Crippen molar-refractivity contribution in [3.05, 3.63) is 58.5 Å². The number of fused-ring (bicyclic) bond motifs is 1. The van der Waals surface area contributed by atoms with Gasteiger partial charge in [-0.3, -0.25) is 19.5 Å². The second kappa shape index (κ2) is 15.5. The van der Waals surface area contributed by atoms with E-state index in [-0.39, 0.29) is 28.4 Å². The van der Waals surface area contributed by atoms with E-state index >= 15 is 0 Å². The van der Waals surface area contributed by atoms with Crippen molar-refractivity contribution in [2.24, 2.45) is 5.16 Å². The van der Waals surface area contributed by atoms with Crippen molar-refractivity contribution in [2.45, 2.75) is 70.3 Å². The molecule has 2 aliphatic heterocycles. The monoisotopic (exact) mass is 658 g/mol. The van der Waals surface area contributed by atoms with Gasteiger partial charge in [0.25, 0.3) is 11.8 Å². The fraction of sp³-hybridized carbons (Fsp3) is 0.414. The number of carbonyl (C=O) groups excluding carboxylic acids is 4. The van der Waals surface area contributed by atoms with E-state index in [2.05, 4.69) is 20.4 Å². The summed E-state index contributed by atoms with van der Waals surface area (Å²) in [5, 5.41) is 16.0. The summed E-state index contributed by atoms with van der Waals surface area (Å²) in [5.41, 5.74) is 6.44. The molecular formula is C29H34N6O8S2. The molecule has 0 aliphatic carbocycles. The summed E-state index contributed by atoms with van der Waals surface area (Å²) in [7, 11) is 0. The molecule has 45 heavy (non-hydrogen) atoms. The number of carbonyl (C=O) groups is 4. The van der Waals surface area contributed by atoms with Crippen molar-refractivity contribution in [1.82, 2.24) is 20.2 Å². The van der Waals surface area contributed by atoms with Crippen LogP contribution in [0.2, 0.25) is 0 Å². The van der Waals surface area contributed by atoms with Crippen LogP contribution in [0.5, 0.6) is 0 Å². The van der Waals surface area contributed by atoms with Gasteiger partial charge in [0.1, 0.15) is 28.9 Å². The van der Waals surface area contributed by atoms with Crippen molar-refractivity contribution < 1.29 is 38.6 Å². The number of nitrogens with zero attached hydrogens (tertiary/aromatic N) is 4. The molecule has 4 N–H and O–H groups in total. The summed E-state index contributed by atoms with van der Waals surface area (Å²) in [6.07, 6.45) is 7.08. The molecule has 0 radical (unpaired) electrons. The lowest BCUT2D eigenvalue weighted by Gasteiger charge is -2.49. The number of hydrogen-bond acceptors (Lipinski definition) is 14. The fourth-order valence-electron chi connectivity index (χ4n) is 4.69. The summed E-state index contributed by atoms with van der Waals surface area (Å²) >= 11 is 2.37. The Hall–Kier alpha value is -4.44. The van der Waals surface area contributed by atoms with Gasteiger partial charge in [-0.15, -0.1) is 23.1 Å². The van der Waals surface area contributed by atoms with Gasteiger partial charge in [-0.05, 0) is 30.0 Å². The number of thioether (sulfide) groups is 1. The van der Waals surface area contributed by atoms with Crippen molar-refractivity contribution in [3.8, 4) is 0 Å². The third-order valence-electron chi connectivity index (χ3n) is 6.74. The number of aromatic nitrogens is 2. The Bertz CT molecular complexity index is 1490. The molecule has 14 nitrogen and oxygen atoms in total. The average molecular weight is 659 g/mol. The van der Waals surface area contributed by atoms with Gasteiger partial charge in [-0.25, -0.2) is 14.6 Å². The van der Waals surface area contributed by atoms with Crippen LogP contribution in [0.1, 0.15) is 57.7 Å². The highest BCUT2D eigenvalue weighted by molar-refractivity contribution is 8.00. The van der Waals surface area contributed by atoms with Gasteiger partial charge in [-0.1, -0.05) is 50.1 Å². The van der Waals surface area contributed by atoms with Crippen LogP contribution in [0.3, 0.4) is 0 Å². The maximum absolute atomic E-state index is 13.5. The number of ether oxygens (including phenoxy) is 3. The molecule has 2 amide bonds. The predicted molar refractivity (Wildman–Crippen MR) is 167 cm³/mol. The van der Waals surface area contributed by atoms with E-state index in [4.69, 9.17) is 19.9 Å². The zero-order valence-electron chi connectivity index (χ0n) is 24.9. The van der Waals surface area contributed by atoms with Crippen LogP contribution in [0.4, 0.5) is 9.93 Å². The first-order valence-corrected chi connectivity index (χ1v) is 16.2. The fourth-order valence-corrected chi connectivity index (χ4v) is 6.55. The minimum absolute atomic E-state index is 0.0487. The van der Waals surface area contributed by atoms with Gasteiger partial charge in [-0.2, -0.15) is 0 Å². The van der Waals surface area contributed by atoms with Crippen LogP contribution in [0.25, 0.3) is 6.08 Å². The molecule has 2 aliphatic rings. The number of rotatable bonds is 13. The number of nitrogen functional groups attached to an aromatic ring is 1. The van der Waals surface area contributed by atoms with Gasteiger partial charge in [0.05, 0.1) is 0 Å². The van der Waals surface area contributed by atoms with Crippen molar-refractivity contribution in [3.63, 3.8) is 0 Å². The summed E-state index contributed by atoms with van der Waals surface area (Å²) < 4.78 is 16.0. The molecule has 2 aromatic heterocycles. The first kappa shape index (κ1) is 33.5. The van der Waals surface area contributed by atoms with Gasteiger partial charge < -0.3 is 30.5 Å². The molecule has 0 saturated carbocycles. The lowest BCUT2D eigenvalue weighted by atomic mass is 10.0. The highest BCUT2D eigenvalue weighted by Gasteiger charge is 2.54. The average Bonchev–Trinajstić information content (AvgIpc) is 3.44. The number of oxime groups is 1. The molecule has 0 bridgehead atoms. The molecule has 2 aromatic rings. The molecule has 0 aromatic carbocycles. The SMILES string of the molecule is CCCC(CCC)OC(=O)OC(C)OC(=O)C1=C(/C=C\c2cccnc2)CS[C@@H]2[C@H](NC(=O)/C(=N\O)c3csc(N)n3)C(=O)N12. The van der Waals surface area contributed by atoms with E-state index < -0.39 is 47.4 Å². The quantitative estimate of drug-likeness (QED) is 0.0706. The molecule has 16 heteroatoms. The molecule has 3 atom stereocenters. The summed E-state index contributed by atoms with van der Waals surface area (Å²) in [5.74, 6) is -2.07. The number of amides is 2. The number of anilines is 1. The Morgan fingerprint density at radius 1 is 1.22 bits per heavy atom. The highest BCUT2D eigenvalue weighted by Crippen LogP contribution is 2.41. The van der Waals surface area contributed by atoms with E-state index in [9.17, 15) is 24.4 Å². The Kier molecular flexibility index (Phi) is 11.5. The maximum atomic E-state index is 13.5. The van der Waals surface area contributed by atoms with Crippen molar-refractivity contribution in [1.29, 1.82) is 0 Å². The van der Waals surface area contributed by atoms with Crippen molar-refractivity contribution in [2.75, 3.05) is 11.5 Å². The Morgan fingerprint density at radius 3 is 2.60 bits per heavy atom. The minimum Gasteiger partial charge on any atom is -0.431 e. The largest absolute Gasteiger partial charge is 0.511 e. The molecule has 1 saturated heterocycles. The van der Waals surface area contributed by atoms with E-state index in [1.165, 1.54) is 29.0 Å². The second-order valence-corrected chi connectivity index (χ2v) is 12.0.